The van der Waals surface area contributed by atoms with E-state index < -0.39 is 5.91 Å². The minimum atomic E-state index is -0.456. The smallest absolute Gasteiger partial charge is 0.287 e. The van der Waals surface area contributed by atoms with Crippen LogP contribution in [0.3, 0.4) is 0 Å². The first-order valence-corrected chi connectivity index (χ1v) is 6.61. The normalized spacial score (nSPS) is 10.1. The van der Waals surface area contributed by atoms with Gasteiger partial charge in [-0.25, -0.2) is 4.98 Å². The van der Waals surface area contributed by atoms with Crippen molar-refractivity contribution in [1.82, 2.24) is 10.3 Å². The predicted octanol–water partition coefficient (Wildman–Crippen LogP) is 2.11. The van der Waals surface area contributed by atoms with Crippen LogP contribution in [0.2, 0.25) is 0 Å². The van der Waals surface area contributed by atoms with Crippen LogP contribution in [0.5, 0.6) is 0 Å². The lowest BCUT2D eigenvalue weighted by molar-refractivity contribution is -0.115. The molecule has 104 valence electrons. The molecular weight excluding hydrogens is 326 g/mol. The Balaban J connectivity index is 1.85. The minimum Gasteiger partial charge on any atom is -0.444 e. The maximum atomic E-state index is 11.7. The van der Waals surface area contributed by atoms with Crippen molar-refractivity contribution in [3.8, 4) is 0 Å². The van der Waals surface area contributed by atoms with Crippen LogP contribution in [0.25, 0.3) is 0 Å². The minimum absolute atomic E-state index is 0.137. The highest BCUT2D eigenvalue weighted by Crippen LogP contribution is 2.13. The van der Waals surface area contributed by atoms with Crippen LogP contribution in [0.15, 0.2) is 39.4 Å². The van der Waals surface area contributed by atoms with E-state index in [4.69, 9.17) is 4.42 Å². The monoisotopic (exact) mass is 337 g/mol. The summed E-state index contributed by atoms with van der Waals surface area (Å²) in [4.78, 5) is 27.4. The third-order valence-electron chi connectivity index (χ3n) is 2.36. The second-order valence-electron chi connectivity index (χ2n) is 4.00. The summed E-state index contributed by atoms with van der Waals surface area (Å²) in [6.45, 7) is 1.67. The molecule has 0 saturated heterocycles. The van der Waals surface area contributed by atoms with Crippen LogP contribution < -0.4 is 10.6 Å². The Morgan fingerprint density at radius 2 is 2.10 bits per heavy atom. The maximum absolute atomic E-state index is 11.7. The van der Waals surface area contributed by atoms with Gasteiger partial charge in [-0.15, -0.1) is 0 Å². The van der Waals surface area contributed by atoms with Crippen LogP contribution >= 0.6 is 15.9 Å². The molecule has 0 fully saturated rings. The summed E-state index contributed by atoms with van der Waals surface area (Å²) in [5, 5.41) is 5.04. The summed E-state index contributed by atoms with van der Waals surface area (Å²) in [6, 6.07) is 8.41. The lowest BCUT2D eigenvalue weighted by Crippen LogP contribution is -2.32. The van der Waals surface area contributed by atoms with Gasteiger partial charge in [0.25, 0.3) is 5.91 Å². The first kappa shape index (κ1) is 14.3. The number of anilines is 1. The molecule has 2 N–H and O–H groups in total. The molecule has 0 aliphatic carbocycles. The van der Waals surface area contributed by atoms with E-state index in [-0.39, 0.29) is 18.2 Å². The van der Waals surface area contributed by atoms with E-state index in [0.29, 0.717) is 10.5 Å². The van der Waals surface area contributed by atoms with Gasteiger partial charge in [0.15, 0.2) is 10.4 Å². The van der Waals surface area contributed by atoms with E-state index in [0.717, 1.165) is 5.69 Å². The molecule has 0 bridgehead atoms. The van der Waals surface area contributed by atoms with Crippen molar-refractivity contribution in [1.29, 1.82) is 0 Å². The number of pyridine rings is 1. The lowest BCUT2D eigenvalue weighted by atomic mass is 10.3. The van der Waals surface area contributed by atoms with E-state index in [1.807, 2.05) is 13.0 Å². The van der Waals surface area contributed by atoms with E-state index in [1.54, 1.807) is 18.2 Å². The van der Waals surface area contributed by atoms with Crippen molar-refractivity contribution >= 4 is 33.6 Å². The summed E-state index contributed by atoms with van der Waals surface area (Å²) in [6.07, 6.45) is 0. The van der Waals surface area contributed by atoms with Gasteiger partial charge in [0.1, 0.15) is 5.82 Å². The molecule has 0 atom stereocenters. The van der Waals surface area contributed by atoms with E-state index in [2.05, 4.69) is 31.5 Å². The van der Waals surface area contributed by atoms with Crippen LogP contribution in [0.1, 0.15) is 16.2 Å². The summed E-state index contributed by atoms with van der Waals surface area (Å²) < 4.78 is 5.53. The average molecular weight is 338 g/mol. The van der Waals surface area contributed by atoms with Gasteiger partial charge in [0.2, 0.25) is 5.91 Å². The van der Waals surface area contributed by atoms with Gasteiger partial charge < -0.3 is 15.1 Å². The fourth-order valence-electron chi connectivity index (χ4n) is 1.48. The SMILES string of the molecule is Cc1cccc(NC(=O)CNC(=O)c2ccc(Br)o2)n1. The van der Waals surface area contributed by atoms with Crippen molar-refractivity contribution < 1.29 is 14.0 Å². The molecule has 0 spiro atoms. The second-order valence-corrected chi connectivity index (χ2v) is 4.78. The topological polar surface area (TPSA) is 84.2 Å². The van der Waals surface area contributed by atoms with Crippen molar-refractivity contribution in [2.75, 3.05) is 11.9 Å². The summed E-state index contributed by atoms with van der Waals surface area (Å²) in [5.41, 5.74) is 0.798. The van der Waals surface area contributed by atoms with Crippen LogP contribution in [-0.4, -0.2) is 23.3 Å². The number of rotatable bonds is 4. The molecule has 0 aliphatic heterocycles. The number of furan rings is 1. The summed E-state index contributed by atoms with van der Waals surface area (Å²) in [5.74, 6) is -0.228. The van der Waals surface area contributed by atoms with Gasteiger partial charge in [-0.2, -0.15) is 0 Å². The van der Waals surface area contributed by atoms with Crippen LogP contribution in [0.4, 0.5) is 5.82 Å². The molecule has 2 aromatic rings. The molecule has 7 heteroatoms. The van der Waals surface area contributed by atoms with Crippen molar-refractivity contribution in [3.63, 3.8) is 0 Å². The number of hydrogen-bond donors (Lipinski definition) is 2. The highest BCUT2D eigenvalue weighted by Gasteiger charge is 2.12. The van der Waals surface area contributed by atoms with Gasteiger partial charge in [-0.1, -0.05) is 6.07 Å². The number of aryl methyl sites for hydroxylation is 1. The average Bonchev–Trinajstić information content (AvgIpc) is 2.83. The molecule has 0 unspecified atom stereocenters. The Labute approximate surface area is 123 Å². The molecule has 2 heterocycles. The number of nitrogens with one attached hydrogen (secondary N) is 2. The number of halogens is 1. The van der Waals surface area contributed by atoms with Crippen molar-refractivity contribution in [2.45, 2.75) is 6.92 Å². The largest absolute Gasteiger partial charge is 0.444 e. The molecule has 20 heavy (non-hydrogen) atoms. The molecule has 0 saturated carbocycles. The number of aromatic nitrogens is 1. The zero-order chi connectivity index (χ0) is 14.5. The zero-order valence-electron chi connectivity index (χ0n) is 10.6. The van der Waals surface area contributed by atoms with Gasteiger partial charge >= 0.3 is 0 Å². The fourth-order valence-corrected chi connectivity index (χ4v) is 1.79. The van der Waals surface area contributed by atoms with Crippen LogP contribution in [0, 0.1) is 6.92 Å². The van der Waals surface area contributed by atoms with Gasteiger partial charge in [0.05, 0.1) is 6.54 Å². The molecule has 2 rings (SSSR count). The first-order valence-electron chi connectivity index (χ1n) is 5.81. The first-order chi connectivity index (χ1) is 9.54. The Morgan fingerprint density at radius 1 is 1.30 bits per heavy atom. The molecule has 0 radical (unpaired) electrons. The van der Waals surface area contributed by atoms with E-state index >= 15 is 0 Å². The second kappa shape index (κ2) is 6.33. The zero-order valence-corrected chi connectivity index (χ0v) is 12.2. The Bertz CT molecular complexity index is 639. The number of nitrogens with zero attached hydrogens (tertiary/aromatic N) is 1. The van der Waals surface area contributed by atoms with E-state index in [1.165, 1.54) is 6.07 Å². The number of carbonyl (C=O) groups excluding carboxylic acids is 2. The van der Waals surface area contributed by atoms with Crippen LogP contribution in [-0.2, 0) is 4.79 Å². The Morgan fingerprint density at radius 3 is 2.75 bits per heavy atom. The van der Waals surface area contributed by atoms with Gasteiger partial charge in [-0.05, 0) is 47.1 Å². The maximum Gasteiger partial charge on any atom is 0.287 e. The molecule has 0 aromatic carbocycles. The summed E-state index contributed by atoms with van der Waals surface area (Å²) >= 11 is 3.10. The third-order valence-corrected chi connectivity index (χ3v) is 2.79. The molecule has 2 amide bonds. The van der Waals surface area contributed by atoms with Gasteiger partial charge in [0, 0.05) is 5.69 Å². The highest BCUT2D eigenvalue weighted by atomic mass is 79.9. The lowest BCUT2D eigenvalue weighted by Gasteiger charge is -2.05. The number of hydrogen-bond acceptors (Lipinski definition) is 4. The predicted molar refractivity (Wildman–Crippen MR) is 76.3 cm³/mol. The standard InChI is InChI=1S/C13H12BrN3O3/c1-8-3-2-4-11(16-8)17-12(18)7-15-13(19)9-5-6-10(14)20-9/h2-6H,7H2,1H3,(H,15,19)(H,16,17,18). The Kier molecular flexibility index (Phi) is 4.52. The van der Waals surface area contributed by atoms with Gasteiger partial charge in [-0.3, -0.25) is 9.59 Å². The molecule has 2 aromatic heterocycles. The van der Waals surface area contributed by atoms with E-state index in [9.17, 15) is 9.59 Å². The Hall–Kier alpha value is -2.15. The third kappa shape index (κ3) is 3.92. The number of carbonyl (C=O) groups is 2. The van der Waals surface area contributed by atoms with Crippen molar-refractivity contribution in [2.24, 2.45) is 0 Å². The fraction of sp³-hybridized carbons (Fsp3) is 0.154. The number of amides is 2. The molecule has 6 nitrogen and oxygen atoms in total. The quantitative estimate of drug-likeness (QED) is 0.894. The molecular formula is C13H12BrN3O3. The highest BCUT2D eigenvalue weighted by molar-refractivity contribution is 9.10. The molecule has 0 aliphatic rings. The summed E-state index contributed by atoms with van der Waals surface area (Å²) in [7, 11) is 0. The van der Waals surface area contributed by atoms with Crippen molar-refractivity contribution in [3.05, 3.63) is 46.5 Å².